The molecule has 6 heteroatoms. The summed E-state index contributed by atoms with van der Waals surface area (Å²) >= 11 is 0. The number of phenolic OH excluding ortho intramolecular Hbond substituents is 1. The molecule has 2 atom stereocenters. The molecule has 0 bridgehead atoms. The Hall–Kier alpha value is -5.46. The maximum absolute atomic E-state index is 11.1. The van der Waals surface area contributed by atoms with Crippen LogP contribution in [0.2, 0.25) is 0 Å². The van der Waals surface area contributed by atoms with E-state index >= 15 is 0 Å². The second-order valence-corrected chi connectivity index (χ2v) is 12.1. The van der Waals surface area contributed by atoms with Gasteiger partial charge in [-0.05, 0) is 123 Å². The van der Waals surface area contributed by atoms with Crippen LogP contribution in [0.4, 0.5) is 0 Å². The highest BCUT2D eigenvalue weighted by Gasteiger charge is 2.06. The molecule has 3 N–H and O–H groups in total. The van der Waals surface area contributed by atoms with E-state index in [1.165, 1.54) is 12.5 Å². The van der Waals surface area contributed by atoms with Gasteiger partial charge in [0, 0.05) is 48.2 Å². The van der Waals surface area contributed by atoms with Crippen molar-refractivity contribution < 1.29 is 19.4 Å². The van der Waals surface area contributed by atoms with Crippen LogP contribution in [0.15, 0.2) is 97.1 Å². The first-order valence-electron chi connectivity index (χ1n) is 16.8. The summed E-state index contributed by atoms with van der Waals surface area (Å²) in [6.45, 7) is 11.3. The topological polar surface area (TPSA) is 87.7 Å². The molecule has 0 aliphatic rings. The number of carbonyl (C=O) groups excluding carboxylic acids is 2. The van der Waals surface area contributed by atoms with Gasteiger partial charge in [-0.2, -0.15) is 0 Å². The Bertz CT molecular complexity index is 1730. The van der Waals surface area contributed by atoms with Crippen molar-refractivity contribution in [2.45, 2.75) is 85.4 Å². The van der Waals surface area contributed by atoms with Crippen LogP contribution in [0.3, 0.4) is 0 Å². The molecule has 2 amide bonds. The average molecular weight is 657 g/mol. The summed E-state index contributed by atoms with van der Waals surface area (Å²) in [5, 5.41) is 15.0. The number of phenols is 1. The molecule has 6 nitrogen and oxygen atoms in total. The highest BCUT2D eigenvalue weighted by Crippen LogP contribution is 2.16. The van der Waals surface area contributed by atoms with Crippen LogP contribution in [0, 0.1) is 23.7 Å². The van der Waals surface area contributed by atoms with Gasteiger partial charge in [-0.25, -0.2) is 0 Å². The number of amides is 2. The van der Waals surface area contributed by atoms with Crippen LogP contribution in [-0.2, 0) is 22.4 Å². The van der Waals surface area contributed by atoms with E-state index in [-0.39, 0.29) is 35.8 Å². The van der Waals surface area contributed by atoms with Crippen molar-refractivity contribution in [3.63, 3.8) is 0 Å². The van der Waals surface area contributed by atoms with E-state index in [4.69, 9.17) is 4.74 Å². The van der Waals surface area contributed by atoms with Gasteiger partial charge in [-0.3, -0.25) is 9.59 Å². The lowest BCUT2D eigenvalue weighted by Gasteiger charge is -2.15. The van der Waals surface area contributed by atoms with E-state index in [2.05, 4.69) is 60.3 Å². The molecule has 0 aliphatic carbocycles. The van der Waals surface area contributed by atoms with Gasteiger partial charge in [-0.1, -0.05) is 61.8 Å². The number of nitrogens with one attached hydrogen (secondary N) is 2. The number of aromatic hydroxyl groups is 1. The summed E-state index contributed by atoms with van der Waals surface area (Å²) in [4.78, 5) is 22.1. The Kier molecular flexibility index (Phi) is 15.5. The minimum absolute atomic E-state index is 0.00122. The van der Waals surface area contributed by atoms with Gasteiger partial charge in [0.2, 0.25) is 11.8 Å². The van der Waals surface area contributed by atoms with Crippen molar-refractivity contribution in [2.75, 3.05) is 0 Å². The van der Waals surface area contributed by atoms with E-state index in [9.17, 15) is 14.7 Å². The lowest BCUT2D eigenvalue weighted by molar-refractivity contribution is -0.120. The van der Waals surface area contributed by atoms with Crippen LogP contribution < -0.4 is 15.4 Å². The van der Waals surface area contributed by atoms with Gasteiger partial charge in [0.15, 0.2) is 0 Å². The SMILES string of the molecule is CC(=O)NC(C)Cc1ccc(C#Cc2ccc(O)cc2)cc1.CCC(CC)Oc1ccc(C#Cc2ccc(CC(C)NC(C)=O)cc2)cc1. The highest BCUT2D eigenvalue weighted by molar-refractivity contribution is 5.73. The van der Waals surface area contributed by atoms with Crippen molar-refractivity contribution in [3.8, 4) is 35.2 Å². The van der Waals surface area contributed by atoms with Crippen LogP contribution in [0.1, 0.15) is 87.8 Å². The number of hydrogen-bond acceptors (Lipinski definition) is 4. The predicted molar refractivity (Wildman–Crippen MR) is 198 cm³/mol. The Morgan fingerprint density at radius 1 is 0.592 bits per heavy atom. The quantitative estimate of drug-likeness (QED) is 0.154. The standard InChI is InChI=1S/C24H29NO2.C19H19NO2/c1-5-23(6-2)27-24-15-13-21(14-16-24)8-7-20-9-11-22(12-10-20)17-18(3)25-19(4)26;1-14(20-15(2)21)13-18-7-5-16(6-8-18)3-4-17-9-11-19(22)12-10-17/h9-16,18,23H,5-6,17H2,1-4H3,(H,25,26);5-12,14,22H,13H2,1-2H3,(H,20,21). The summed E-state index contributed by atoms with van der Waals surface area (Å²) < 4.78 is 5.92. The third kappa shape index (κ3) is 14.9. The average Bonchev–Trinajstić information content (AvgIpc) is 3.07. The molecule has 0 fully saturated rings. The third-order valence-corrected chi connectivity index (χ3v) is 7.53. The molecule has 2 unspecified atom stereocenters. The van der Waals surface area contributed by atoms with Gasteiger partial charge in [0.05, 0.1) is 6.10 Å². The molecule has 4 rings (SSSR count). The third-order valence-electron chi connectivity index (χ3n) is 7.53. The molecule has 0 radical (unpaired) electrons. The molecular formula is C43H48N2O4. The van der Waals surface area contributed by atoms with Crippen molar-refractivity contribution in [3.05, 3.63) is 130 Å². The predicted octanol–water partition coefficient (Wildman–Crippen LogP) is 7.58. The van der Waals surface area contributed by atoms with Crippen molar-refractivity contribution in [1.82, 2.24) is 10.6 Å². The fourth-order valence-electron chi connectivity index (χ4n) is 5.05. The number of benzene rings is 4. The zero-order valence-electron chi connectivity index (χ0n) is 29.5. The molecule has 0 saturated heterocycles. The Labute approximate surface area is 292 Å². The van der Waals surface area contributed by atoms with Gasteiger partial charge in [-0.15, -0.1) is 0 Å². The van der Waals surface area contributed by atoms with E-state index in [0.29, 0.717) is 0 Å². The molecule has 4 aromatic carbocycles. The minimum atomic E-state index is -0.0103. The zero-order chi connectivity index (χ0) is 35.6. The smallest absolute Gasteiger partial charge is 0.217 e. The van der Waals surface area contributed by atoms with Crippen molar-refractivity contribution in [2.24, 2.45) is 0 Å². The molecule has 49 heavy (non-hydrogen) atoms. The van der Waals surface area contributed by atoms with Crippen molar-refractivity contribution in [1.29, 1.82) is 0 Å². The number of ether oxygens (including phenoxy) is 1. The van der Waals surface area contributed by atoms with E-state index < -0.39 is 0 Å². The summed E-state index contributed by atoms with van der Waals surface area (Å²) in [6.07, 6.45) is 3.90. The lowest BCUT2D eigenvalue weighted by Crippen LogP contribution is -2.31. The lowest BCUT2D eigenvalue weighted by atomic mass is 10.0. The molecule has 0 aliphatic heterocycles. The summed E-state index contributed by atoms with van der Waals surface area (Å²) in [5.74, 6) is 13.7. The largest absolute Gasteiger partial charge is 0.508 e. The first-order chi connectivity index (χ1) is 23.5. The first-order valence-corrected chi connectivity index (χ1v) is 16.8. The van der Waals surface area contributed by atoms with Crippen LogP contribution in [-0.4, -0.2) is 35.1 Å². The van der Waals surface area contributed by atoms with Crippen LogP contribution in [0.5, 0.6) is 11.5 Å². The van der Waals surface area contributed by atoms with E-state index in [1.807, 2.05) is 74.5 Å². The van der Waals surface area contributed by atoms with Gasteiger partial charge >= 0.3 is 0 Å². The maximum atomic E-state index is 11.1. The zero-order valence-corrected chi connectivity index (χ0v) is 29.5. The van der Waals surface area contributed by atoms with Crippen LogP contribution >= 0.6 is 0 Å². The fourth-order valence-corrected chi connectivity index (χ4v) is 5.05. The fraction of sp³-hybridized carbons (Fsp3) is 0.302. The van der Waals surface area contributed by atoms with Crippen LogP contribution in [0.25, 0.3) is 0 Å². The number of hydrogen-bond donors (Lipinski definition) is 3. The molecule has 254 valence electrons. The van der Waals surface area contributed by atoms with Gasteiger partial charge in [0.1, 0.15) is 11.5 Å². The second kappa shape index (κ2) is 20.0. The molecule has 4 aromatic rings. The highest BCUT2D eigenvalue weighted by atomic mass is 16.5. The Morgan fingerprint density at radius 2 is 0.918 bits per heavy atom. The monoisotopic (exact) mass is 656 g/mol. The van der Waals surface area contributed by atoms with Crippen molar-refractivity contribution >= 4 is 11.8 Å². The Balaban J connectivity index is 0.000000271. The molecule has 0 aromatic heterocycles. The summed E-state index contributed by atoms with van der Waals surface area (Å²) in [7, 11) is 0. The summed E-state index contributed by atoms with van der Waals surface area (Å²) in [5.41, 5.74) is 6.09. The second-order valence-electron chi connectivity index (χ2n) is 12.1. The molecule has 0 spiro atoms. The molecule has 0 saturated carbocycles. The van der Waals surface area contributed by atoms with Gasteiger partial charge < -0.3 is 20.5 Å². The van der Waals surface area contributed by atoms with E-state index in [0.717, 1.165) is 59.3 Å². The number of rotatable bonds is 10. The Morgan fingerprint density at radius 3 is 1.24 bits per heavy atom. The first kappa shape index (κ1) is 38.0. The summed E-state index contributed by atoms with van der Waals surface area (Å²) in [6, 6.07) is 31.2. The molecule has 0 heterocycles. The van der Waals surface area contributed by atoms with E-state index in [1.54, 1.807) is 31.2 Å². The molecular weight excluding hydrogens is 608 g/mol. The number of carbonyl (C=O) groups is 2. The van der Waals surface area contributed by atoms with Gasteiger partial charge in [0.25, 0.3) is 0 Å². The minimum Gasteiger partial charge on any atom is -0.508 e. The maximum Gasteiger partial charge on any atom is 0.217 e. The normalized spacial score (nSPS) is 11.3.